The van der Waals surface area contributed by atoms with E-state index in [4.69, 9.17) is 0 Å². The number of thiophene rings is 1. The van der Waals surface area contributed by atoms with Crippen molar-refractivity contribution in [3.05, 3.63) is 58.0 Å². The van der Waals surface area contributed by atoms with Gasteiger partial charge in [-0.05, 0) is 48.5 Å². The van der Waals surface area contributed by atoms with E-state index < -0.39 is 10.0 Å². The summed E-state index contributed by atoms with van der Waals surface area (Å²) in [6.45, 7) is 1.25. The number of halogens is 1. The molecule has 2 atom stereocenters. The quantitative estimate of drug-likeness (QED) is 0.663. The minimum absolute atomic E-state index is 0.00441. The predicted molar refractivity (Wildman–Crippen MR) is 113 cm³/mol. The minimum Gasteiger partial charge on any atom is -0.343 e. The van der Waals surface area contributed by atoms with Crippen molar-refractivity contribution in [3.63, 3.8) is 0 Å². The van der Waals surface area contributed by atoms with E-state index in [1.807, 2.05) is 22.4 Å². The number of rotatable bonds is 8. The molecule has 2 heterocycles. The molecule has 1 fully saturated rings. The van der Waals surface area contributed by atoms with E-state index in [1.165, 1.54) is 23.5 Å². The summed E-state index contributed by atoms with van der Waals surface area (Å²) in [5, 5.41) is 5.00. The minimum atomic E-state index is -3.27. The Kier molecular flexibility index (Phi) is 7.39. The lowest BCUT2D eigenvalue weighted by Crippen LogP contribution is -2.50. The molecular formula is C20H26FN3O3S2. The molecule has 0 bridgehead atoms. The Balaban J connectivity index is 1.68. The van der Waals surface area contributed by atoms with Gasteiger partial charge in [-0.2, -0.15) is 0 Å². The van der Waals surface area contributed by atoms with Crippen molar-refractivity contribution in [3.8, 4) is 0 Å². The first kappa shape index (κ1) is 21.9. The first-order valence-electron chi connectivity index (χ1n) is 9.59. The number of amides is 1. The first-order valence-corrected chi connectivity index (χ1v) is 12.4. The molecule has 1 aromatic heterocycles. The van der Waals surface area contributed by atoms with Gasteiger partial charge in [0.15, 0.2) is 0 Å². The molecule has 2 aromatic rings. The van der Waals surface area contributed by atoms with Gasteiger partial charge in [-0.3, -0.25) is 9.69 Å². The molecule has 0 radical (unpaired) electrons. The van der Waals surface area contributed by atoms with Gasteiger partial charge in [0, 0.05) is 17.5 Å². The highest BCUT2D eigenvalue weighted by molar-refractivity contribution is 7.88. The van der Waals surface area contributed by atoms with Crippen molar-refractivity contribution in [1.82, 2.24) is 14.9 Å². The van der Waals surface area contributed by atoms with Crippen LogP contribution in [0.3, 0.4) is 0 Å². The highest BCUT2D eigenvalue weighted by Crippen LogP contribution is 2.26. The van der Waals surface area contributed by atoms with Crippen LogP contribution in [0.5, 0.6) is 0 Å². The summed E-state index contributed by atoms with van der Waals surface area (Å²) in [6, 6.07) is 9.65. The number of hydrogen-bond acceptors (Lipinski definition) is 5. The van der Waals surface area contributed by atoms with E-state index in [-0.39, 0.29) is 30.4 Å². The first-order chi connectivity index (χ1) is 13.8. The normalized spacial score (nSPS) is 19.0. The van der Waals surface area contributed by atoms with Crippen LogP contribution in [0.4, 0.5) is 4.39 Å². The Morgan fingerprint density at radius 2 is 2.03 bits per heavy atom. The van der Waals surface area contributed by atoms with Crippen LogP contribution in [0, 0.1) is 5.82 Å². The number of nitrogens with zero attached hydrogens (tertiary/aromatic N) is 1. The fourth-order valence-corrected chi connectivity index (χ4v) is 4.87. The molecule has 3 rings (SSSR count). The third-order valence-electron chi connectivity index (χ3n) is 5.01. The molecule has 158 valence electrons. The Morgan fingerprint density at radius 1 is 1.28 bits per heavy atom. The molecular weight excluding hydrogens is 413 g/mol. The average molecular weight is 440 g/mol. The van der Waals surface area contributed by atoms with E-state index in [0.29, 0.717) is 6.54 Å². The second-order valence-electron chi connectivity index (χ2n) is 7.31. The van der Waals surface area contributed by atoms with E-state index in [2.05, 4.69) is 10.0 Å². The van der Waals surface area contributed by atoms with Gasteiger partial charge < -0.3 is 5.32 Å². The molecule has 1 amide bonds. The van der Waals surface area contributed by atoms with Crippen molar-refractivity contribution in [2.75, 3.05) is 25.9 Å². The smallest absolute Gasteiger partial charge is 0.234 e. The monoisotopic (exact) mass is 439 g/mol. The van der Waals surface area contributed by atoms with E-state index in [9.17, 15) is 17.6 Å². The zero-order valence-corrected chi connectivity index (χ0v) is 17.9. The predicted octanol–water partition coefficient (Wildman–Crippen LogP) is 2.50. The molecule has 0 saturated carbocycles. The maximum Gasteiger partial charge on any atom is 0.234 e. The molecule has 0 aliphatic carbocycles. The fourth-order valence-electron chi connectivity index (χ4n) is 3.57. The molecule has 1 aliphatic rings. The van der Waals surface area contributed by atoms with Gasteiger partial charge in [0.1, 0.15) is 5.82 Å². The molecule has 1 aromatic carbocycles. The number of carbonyl (C=O) groups is 1. The SMILES string of the molecule is CS(=O)(=O)NC[C@H]1CCCCN1CC(=O)N[C@@H](c1ccc(F)cc1)c1cccs1. The molecule has 9 heteroatoms. The van der Waals surface area contributed by atoms with Gasteiger partial charge in [0.05, 0.1) is 18.8 Å². The van der Waals surface area contributed by atoms with E-state index in [0.717, 1.165) is 42.5 Å². The molecule has 1 aliphatic heterocycles. The number of benzene rings is 1. The van der Waals surface area contributed by atoms with Crippen LogP contribution in [0.1, 0.15) is 35.7 Å². The standard InChI is InChI=1S/C20H26FN3O3S2/c1-29(26,27)22-13-17-5-2-3-11-24(17)14-19(25)23-20(18-6-4-12-28-18)15-7-9-16(21)10-8-15/h4,6-10,12,17,20,22H,2-3,5,11,13-14H2,1H3,(H,23,25)/t17-,20+/m1/s1. The largest absolute Gasteiger partial charge is 0.343 e. The van der Waals surface area contributed by atoms with Crippen molar-refractivity contribution in [1.29, 1.82) is 0 Å². The topological polar surface area (TPSA) is 78.5 Å². The van der Waals surface area contributed by atoms with Crippen LogP contribution >= 0.6 is 11.3 Å². The number of likely N-dealkylation sites (tertiary alicyclic amines) is 1. The van der Waals surface area contributed by atoms with E-state index in [1.54, 1.807) is 12.1 Å². The molecule has 2 N–H and O–H groups in total. The molecule has 6 nitrogen and oxygen atoms in total. The van der Waals surface area contributed by atoms with Crippen LogP contribution in [-0.4, -0.2) is 51.2 Å². The Morgan fingerprint density at radius 3 is 2.69 bits per heavy atom. The van der Waals surface area contributed by atoms with Crippen LogP contribution < -0.4 is 10.0 Å². The highest BCUT2D eigenvalue weighted by atomic mass is 32.2. The maximum atomic E-state index is 13.3. The van der Waals surface area contributed by atoms with Crippen molar-refractivity contribution >= 4 is 27.3 Å². The van der Waals surface area contributed by atoms with Crippen LogP contribution in [0.25, 0.3) is 0 Å². The van der Waals surface area contributed by atoms with Gasteiger partial charge in [0.2, 0.25) is 15.9 Å². The van der Waals surface area contributed by atoms with Crippen molar-refractivity contribution in [2.45, 2.75) is 31.3 Å². The van der Waals surface area contributed by atoms with Gasteiger partial charge >= 0.3 is 0 Å². The molecule has 29 heavy (non-hydrogen) atoms. The summed E-state index contributed by atoms with van der Waals surface area (Å²) < 4.78 is 38.7. The third-order valence-corrected chi connectivity index (χ3v) is 6.64. The summed E-state index contributed by atoms with van der Waals surface area (Å²) in [4.78, 5) is 15.8. The zero-order valence-electron chi connectivity index (χ0n) is 16.3. The number of piperidine rings is 1. The van der Waals surface area contributed by atoms with Gasteiger partial charge in [-0.1, -0.05) is 24.6 Å². The number of sulfonamides is 1. The van der Waals surface area contributed by atoms with Crippen molar-refractivity contribution in [2.24, 2.45) is 0 Å². The lowest BCUT2D eigenvalue weighted by Gasteiger charge is -2.35. The summed E-state index contributed by atoms with van der Waals surface area (Å²) in [7, 11) is -3.27. The number of hydrogen-bond donors (Lipinski definition) is 2. The van der Waals surface area contributed by atoms with E-state index >= 15 is 0 Å². The molecule has 0 unspecified atom stereocenters. The maximum absolute atomic E-state index is 13.3. The van der Waals surface area contributed by atoms with Gasteiger partial charge in [-0.25, -0.2) is 17.5 Å². The lowest BCUT2D eigenvalue weighted by atomic mass is 10.0. The lowest BCUT2D eigenvalue weighted by molar-refractivity contribution is -0.123. The second kappa shape index (κ2) is 9.80. The molecule has 0 spiro atoms. The summed E-state index contributed by atoms with van der Waals surface area (Å²) in [5.74, 6) is -0.460. The summed E-state index contributed by atoms with van der Waals surface area (Å²) in [5.41, 5.74) is 0.816. The fraction of sp³-hybridized carbons (Fsp3) is 0.450. The van der Waals surface area contributed by atoms with Gasteiger partial charge in [-0.15, -0.1) is 11.3 Å². The number of carbonyl (C=O) groups excluding carboxylic acids is 1. The average Bonchev–Trinajstić information content (AvgIpc) is 3.20. The highest BCUT2D eigenvalue weighted by Gasteiger charge is 2.26. The zero-order chi connectivity index (χ0) is 20.9. The Hall–Kier alpha value is -1.81. The second-order valence-corrected chi connectivity index (χ2v) is 10.1. The van der Waals surface area contributed by atoms with Gasteiger partial charge in [0.25, 0.3) is 0 Å². The van der Waals surface area contributed by atoms with Crippen LogP contribution in [-0.2, 0) is 14.8 Å². The van der Waals surface area contributed by atoms with Crippen LogP contribution in [0.2, 0.25) is 0 Å². The Bertz CT molecular complexity index is 902. The third kappa shape index (κ3) is 6.60. The van der Waals surface area contributed by atoms with Crippen LogP contribution in [0.15, 0.2) is 41.8 Å². The Labute approximate surface area is 175 Å². The molecule has 1 saturated heterocycles. The van der Waals surface area contributed by atoms with Crippen molar-refractivity contribution < 1.29 is 17.6 Å². The number of nitrogens with one attached hydrogen (secondary N) is 2. The summed E-state index contributed by atoms with van der Waals surface area (Å²) in [6.07, 6.45) is 3.99. The summed E-state index contributed by atoms with van der Waals surface area (Å²) >= 11 is 1.53.